The lowest BCUT2D eigenvalue weighted by atomic mass is 9.92. The summed E-state index contributed by atoms with van der Waals surface area (Å²) in [6.45, 7) is 12.6. The molecule has 1 fully saturated rings. The summed E-state index contributed by atoms with van der Waals surface area (Å²) in [6, 6.07) is 0. The maximum atomic E-state index is 13.2. The van der Waals surface area contributed by atoms with E-state index in [1.807, 2.05) is 14.1 Å². The van der Waals surface area contributed by atoms with Crippen molar-refractivity contribution < 1.29 is 33.3 Å². The predicted octanol–water partition coefficient (Wildman–Crippen LogP) is 14.4. The molecular formula is C53H101NO7. The molecule has 0 atom stereocenters. The second-order valence-corrected chi connectivity index (χ2v) is 19.4. The van der Waals surface area contributed by atoms with Crippen LogP contribution >= 0.6 is 0 Å². The Kier molecular flexibility index (Phi) is 37.5. The molecule has 0 spiro atoms. The largest absolute Gasteiger partial charge is 0.466 e. The Hall–Kier alpha value is -1.67. The van der Waals surface area contributed by atoms with Crippen LogP contribution in [0, 0.1) is 23.2 Å². The Morgan fingerprint density at radius 3 is 1.23 bits per heavy atom. The van der Waals surface area contributed by atoms with Crippen LogP contribution in [0.2, 0.25) is 0 Å². The van der Waals surface area contributed by atoms with Gasteiger partial charge in [0.05, 0.1) is 38.4 Å². The Morgan fingerprint density at radius 1 is 0.459 bits per heavy atom. The van der Waals surface area contributed by atoms with Crippen molar-refractivity contribution in [2.45, 2.75) is 246 Å². The average Bonchev–Trinajstić information content (AvgIpc) is 4.04. The minimum absolute atomic E-state index is 0.0334. The van der Waals surface area contributed by atoms with E-state index in [1.54, 1.807) is 0 Å². The molecule has 1 aliphatic rings. The topological polar surface area (TPSA) is 91.4 Å². The van der Waals surface area contributed by atoms with E-state index in [-0.39, 0.29) is 17.9 Å². The van der Waals surface area contributed by atoms with Gasteiger partial charge in [0.25, 0.3) is 0 Å². The van der Waals surface area contributed by atoms with E-state index >= 15 is 0 Å². The van der Waals surface area contributed by atoms with Crippen LogP contribution < -0.4 is 0 Å². The molecule has 1 rings (SSSR count). The highest BCUT2D eigenvalue weighted by Gasteiger charge is 2.51. The lowest BCUT2D eigenvalue weighted by molar-refractivity contribution is -0.154. The molecule has 0 aliphatic heterocycles. The zero-order chi connectivity index (χ0) is 44.7. The van der Waals surface area contributed by atoms with E-state index in [9.17, 15) is 14.4 Å². The summed E-state index contributed by atoms with van der Waals surface area (Å²) in [5.41, 5.74) is -0.435. The van der Waals surface area contributed by atoms with Crippen molar-refractivity contribution in [3.8, 4) is 0 Å². The Labute approximate surface area is 377 Å². The summed E-state index contributed by atoms with van der Waals surface area (Å²) < 4.78 is 23.2. The van der Waals surface area contributed by atoms with Crippen molar-refractivity contribution in [1.29, 1.82) is 0 Å². The molecule has 0 aromatic heterocycles. The van der Waals surface area contributed by atoms with Crippen molar-refractivity contribution >= 4 is 17.9 Å². The Morgan fingerprint density at radius 2 is 0.836 bits per heavy atom. The molecular weight excluding hydrogens is 763 g/mol. The van der Waals surface area contributed by atoms with Gasteiger partial charge in [-0.2, -0.15) is 0 Å². The molecule has 360 valence electrons. The van der Waals surface area contributed by atoms with Gasteiger partial charge in [0.1, 0.15) is 0 Å². The number of carbonyl (C=O) groups excluding carboxylic acids is 3. The standard InChI is InChI=1S/C53H101NO7/c1-7-11-21-29-47(30-22-12-8-2)37-42-59-50(55)35-27-19-15-17-25-33-49(45-61-52(57)53(39-40-53)46-58-44-41-54(5)6)34-26-18-16-20-28-36-51(56)60-43-38-48(31-23-13-9-3)32-24-14-10-4/h47-49H,7-46H2,1-6H3. The molecule has 61 heavy (non-hydrogen) atoms. The van der Waals surface area contributed by atoms with Gasteiger partial charge in [0.15, 0.2) is 0 Å². The van der Waals surface area contributed by atoms with Crippen molar-refractivity contribution in [3.63, 3.8) is 0 Å². The molecule has 1 saturated carbocycles. The fourth-order valence-corrected chi connectivity index (χ4v) is 8.62. The van der Waals surface area contributed by atoms with Crippen LogP contribution in [0.25, 0.3) is 0 Å². The summed E-state index contributed by atoms with van der Waals surface area (Å²) in [4.78, 5) is 40.2. The lowest BCUT2D eigenvalue weighted by Gasteiger charge is -2.20. The van der Waals surface area contributed by atoms with Gasteiger partial charge < -0.3 is 23.8 Å². The SMILES string of the molecule is CCCCCC(CCCCC)CCOC(=O)CCCCCCCC(CCCCCCCC(=O)OCCC(CCCCC)CCCCC)COC(=O)C1(COCCN(C)C)CC1. The molecule has 0 bridgehead atoms. The van der Waals surface area contributed by atoms with Crippen molar-refractivity contribution in [1.82, 2.24) is 4.90 Å². The number of ether oxygens (including phenoxy) is 4. The van der Waals surface area contributed by atoms with Crippen LogP contribution in [-0.2, 0) is 33.3 Å². The van der Waals surface area contributed by atoms with Crippen LogP contribution in [0.4, 0.5) is 0 Å². The maximum absolute atomic E-state index is 13.2. The quantitative estimate of drug-likeness (QED) is 0.0339. The number of carbonyl (C=O) groups is 3. The predicted molar refractivity (Wildman–Crippen MR) is 255 cm³/mol. The Bertz CT molecular complexity index is 954. The van der Waals surface area contributed by atoms with E-state index < -0.39 is 5.41 Å². The number of rotatable bonds is 46. The maximum Gasteiger partial charge on any atom is 0.314 e. The molecule has 8 nitrogen and oxygen atoms in total. The number of esters is 3. The monoisotopic (exact) mass is 864 g/mol. The summed E-state index contributed by atoms with van der Waals surface area (Å²) >= 11 is 0. The van der Waals surface area contributed by atoms with Crippen LogP contribution in [0.5, 0.6) is 0 Å². The molecule has 8 heteroatoms. The summed E-state index contributed by atoms with van der Waals surface area (Å²) in [5.74, 6) is 1.60. The fraction of sp³-hybridized carbons (Fsp3) is 0.943. The van der Waals surface area contributed by atoms with E-state index in [0.29, 0.717) is 63.6 Å². The van der Waals surface area contributed by atoms with Crippen molar-refractivity contribution in [2.24, 2.45) is 23.2 Å². The first kappa shape index (κ1) is 57.3. The molecule has 0 N–H and O–H groups in total. The van der Waals surface area contributed by atoms with Gasteiger partial charge in [-0.15, -0.1) is 0 Å². The number of hydrogen-bond donors (Lipinski definition) is 0. The molecule has 0 saturated heterocycles. The van der Waals surface area contributed by atoms with E-state index in [0.717, 1.165) is 109 Å². The minimum Gasteiger partial charge on any atom is -0.466 e. The van der Waals surface area contributed by atoms with Crippen molar-refractivity contribution in [2.75, 3.05) is 53.7 Å². The van der Waals surface area contributed by atoms with Gasteiger partial charge in [0, 0.05) is 19.4 Å². The third-order valence-corrected chi connectivity index (χ3v) is 13.2. The summed E-state index contributed by atoms with van der Waals surface area (Å²) in [6.07, 6.45) is 38.0. The van der Waals surface area contributed by atoms with E-state index in [2.05, 4.69) is 32.6 Å². The molecule has 0 heterocycles. The molecule has 0 radical (unpaired) electrons. The van der Waals surface area contributed by atoms with Gasteiger partial charge in [-0.1, -0.05) is 182 Å². The third-order valence-electron chi connectivity index (χ3n) is 13.2. The first-order valence-corrected chi connectivity index (χ1v) is 26.4. The first-order valence-electron chi connectivity index (χ1n) is 26.4. The third kappa shape index (κ3) is 33.5. The van der Waals surface area contributed by atoms with Crippen LogP contribution in [0.1, 0.15) is 246 Å². The molecule has 1 aliphatic carbocycles. The molecule has 0 unspecified atom stereocenters. The van der Waals surface area contributed by atoms with Gasteiger partial charge in [-0.3, -0.25) is 14.4 Å². The number of likely N-dealkylation sites (N-methyl/N-ethyl adjacent to an activating group) is 1. The van der Waals surface area contributed by atoms with Crippen LogP contribution in [-0.4, -0.2) is 76.5 Å². The highest BCUT2D eigenvalue weighted by molar-refractivity contribution is 5.80. The lowest BCUT2D eigenvalue weighted by Crippen LogP contribution is -2.28. The molecule has 0 aromatic carbocycles. The number of unbranched alkanes of at least 4 members (excludes halogenated alkanes) is 16. The van der Waals surface area contributed by atoms with Crippen LogP contribution in [0.15, 0.2) is 0 Å². The van der Waals surface area contributed by atoms with Gasteiger partial charge in [-0.05, 0) is 83.2 Å². The fourth-order valence-electron chi connectivity index (χ4n) is 8.62. The summed E-state index contributed by atoms with van der Waals surface area (Å²) in [5, 5.41) is 0. The molecule has 0 amide bonds. The second-order valence-electron chi connectivity index (χ2n) is 19.4. The second kappa shape index (κ2) is 39.9. The highest BCUT2D eigenvalue weighted by Crippen LogP contribution is 2.47. The first-order chi connectivity index (χ1) is 29.7. The normalized spacial score (nSPS) is 13.5. The summed E-state index contributed by atoms with van der Waals surface area (Å²) in [7, 11) is 4.06. The average molecular weight is 864 g/mol. The number of nitrogens with zero attached hydrogens (tertiary/aromatic N) is 1. The van der Waals surface area contributed by atoms with E-state index in [1.165, 1.54) is 103 Å². The van der Waals surface area contributed by atoms with Crippen LogP contribution in [0.3, 0.4) is 0 Å². The zero-order valence-corrected chi connectivity index (χ0v) is 41.3. The van der Waals surface area contributed by atoms with Gasteiger partial charge >= 0.3 is 17.9 Å². The van der Waals surface area contributed by atoms with Gasteiger partial charge in [0.2, 0.25) is 0 Å². The smallest absolute Gasteiger partial charge is 0.314 e. The number of hydrogen-bond acceptors (Lipinski definition) is 8. The molecule has 0 aromatic rings. The highest BCUT2D eigenvalue weighted by atomic mass is 16.5. The zero-order valence-electron chi connectivity index (χ0n) is 41.3. The van der Waals surface area contributed by atoms with Crippen molar-refractivity contribution in [3.05, 3.63) is 0 Å². The Balaban J connectivity index is 2.40. The van der Waals surface area contributed by atoms with E-state index in [4.69, 9.17) is 18.9 Å². The minimum atomic E-state index is -0.435. The van der Waals surface area contributed by atoms with Gasteiger partial charge in [-0.25, -0.2) is 0 Å².